The maximum absolute atomic E-state index is 14.3. The highest BCUT2D eigenvalue weighted by atomic mass is 79.9. The van der Waals surface area contributed by atoms with Crippen LogP contribution in [0.2, 0.25) is 0 Å². The summed E-state index contributed by atoms with van der Waals surface area (Å²) in [6.07, 6.45) is 0. The lowest BCUT2D eigenvalue weighted by Gasteiger charge is -2.55. The Morgan fingerprint density at radius 1 is 0.769 bits per heavy atom. The van der Waals surface area contributed by atoms with Crippen molar-refractivity contribution >= 4 is 55.4 Å². The third-order valence-electron chi connectivity index (χ3n) is 8.21. The van der Waals surface area contributed by atoms with E-state index in [0.29, 0.717) is 5.56 Å². The molecule has 2 bridgehead atoms. The molecule has 2 amide bonds. The molecule has 1 fully saturated rings. The van der Waals surface area contributed by atoms with Crippen LogP contribution in [0.3, 0.4) is 0 Å². The molecule has 0 saturated carbocycles. The van der Waals surface area contributed by atoms with Gasteiger partial charge in [-0.05, 0) is 28.2 Å². The predicted octanol–water partition coefficient (Wildman–Crippen LogP) is 5.34. The standard InChI is InChI=1S/C31H25Br2NO5/c1-17(2)26(29(38)39-16-23(35)18-10-4-3-5-11-18)34-27(36)24-25(28(34)37)31(33)20-13-7-6-12-19(20)30(24,32)21-14-8-9-15-22(21)31/h3-15,17,24-26H,16H2,1-2H3/t24-,25-,26-,30?,31?/m1/s1. The molecule has 4 aliphatic rings. The van der Waals surface area contributed by atoms with E-state index in [1.54, 1.807) is 44.2 Å². The Morgan fingerprint density at radius 2 is 1.18 bits per heavy atom. The molecule has 0 spiro atoms. The van der Waals surface area contributed by atoms with Crippen LogP contribution in [-0.4, -0.2) is 41.1 Å². The number of halogens is 2. The van der Waals surface area contributed by atoms with Crippen LogP contribution in [0.25, 0.3) is 0 Å². The fraction of sp³-hybridized carbons (Fsp3) is 0.290. The molecule has 39 heavy (non-hydrogen) atoms. The lowest BCUT2D eigenvalue weighted by Crippen LogP contribution is -2.56. The van der Waals surface area contributed by atoms with Crippen LogP contribution in [0.5, 0.6) is 0 Å². The quantitative estimate of drug-likeness (QED) is 0.156. The van der Waals surface area contributed by atoms with Gasteiger partial charge in [-0.15, -0.1) is 0 Å². The number of likely N-dealkylation sites (tertiary alicyclic amines) is 1. The minimum Gasteiger partial charge on any atom is -0.456 e. The smallest absolute Gasteiger partial charge is 0.330 e. The summed E-state index contributed by atoms with van der Waals surface area (Å²) in [6, 6.07) is 23.0. The second kappa shape index (κ2) is 9.24. The molecule has 6 nitrogen and oxygen atoms in total. The molecule has 0 unspecified atom stereocenters. The van der Waals surface area contributed by atoms with Gasteiger partial charge in [0.15, 0.2) is 12.4 Å². The van der Waals surface area contributed by atoms with Crippen LogP contribution in [0.4, 0.5) is 0 Å². The van der Waals surface area contributed by atoms with E-state index >= 15 is 0 Å². The largest absolute Gasteiger partial charge is 0.456 e. The van der Waals surface area contributed by atoms with Gasteiger partial charge in [-0.1, -0.05) is 125 Å². The van der Waals surface area contributed by atoms with Gasteiger partial charge in [0.25, 0.3) is 0 Å². The Morgan fingerprint density at radius 3 is 1.59 bits per heavy atom. The minimum absolute atomic E-state index is 0.359. The van der Waals surface area contributed by atoms with Crippen LogP contribution >= 0.6 is 31.9 Å². The molecule has 3 aromatic carbocycles. The van der Waals surface area contributed by atoms with E-state index in [2.05, 4.69) is 31.9 Å². The molecule has 3 aromatic rings. The summed E-state index contributed by atoms with van der Waals surface area (Å²) in [4.78, 5) is 55.7. The summed E-state index contributed by atoms with van der Waals surface area (Å²) in [6.45, 7) is 3.05. The van der Waals surface area contributed by atoms with Gasteiger partial charge < -0.3 is 4.74 Å². The van der Waals surface area contributed by atoms with Gasteiger partial charge in [-0.25, -0.2) is 4.79 Å². The molecular formula is C31H25Br2NO5. The van der Waals surface area contributed by atoms with E-state index in [4.69, 9.17) is 4.74 Å². The van der Waals surface area contributed by atoms with Crippen molar-refractivity contribution in [2.45, 2.75) is 28.5 Å². The molecule has 198 valence electrons. The molecule has 1 heterocycles. The first-order valence-electron chi connectivity index (χ1n) is 12.8. The molecule has 0 radical (unpaired) electrons. The third-order valence-corrected chi connectivity index (χ3v) is 10.9. The Balaban J connectivity index is 1.39. The van der Waals surface area contributed by atoms with E-state index in [1.165, 1.54) is 0 Å². The van der Waals surface area contributed by atoms with Gasteiger partial charge in [0.05, 0.1) is 20.5 Å². The monoisotopic (exact) mass is 649 g/mol. The van der Waals surface area contributed by atoms with Crippen molar-refractivity contribution in [2.75, 3.05) is 6.61 Å². The zero-order valence-electron chi connectivity index (χ0n) is 21.3. The summed E-state index contributed by atoms with van der Waals surface area (Å²) in [7, 11) is 0. The first-order valence-corrected chi connectivity index (χ1v) is 14.4. The fourth-order valence-corrected chi connectivity index (χ4v) is 8.87. The highest BCUT2D eigenvalue weighted by Crippen LogP contribution is 2.70. The SMILES string of the molecule is CC(C)[C@H](C(=O)OCC(=O)c1ccccc1)N1C(=O)[C@H]2[C@H](C1=O)C1(Br)c3ccccc3C2(Br)c2ccccc21. The van der Waals surface area contributed by atoms with Crippen molar-refractivity contribution in [1.29, 1.82) is 0 Å². The number of imide groups is 1. The highest BCUT2D eigenvalue weighted by Gasteiger charge is 2.73. The maximum atomic E-state index is 14.3. The first kappa shape index (κ1) is 26.1. The van der Waals surface area contributed by atoms with Crippen molar-refractivity contribution in [3.8, 4) is 0 Å². The number of esters is 1. The number of alkyl halides is 2. The summed E-state index contributed by atoms with van der Waals surface area (Å²) < 4.78 is 3.53. The van der Waals surface area contributed by atoms with Crippen molar-refractivity contribution < 1.29 is 23.9 Å². The van der Waals surface area contributed by atoms with Crippen molar-refractivity contribution in [1.82, 2.24) is 4.90 Å². The molecule has 0 N–H and O–H groups in total. The molecule has 7 rings (SSSR count). The number of amides is 2. The zero-order chi connectivity index (χ0) is 27.7. The number of ether oxygens (including phenoxy) is 1. The van der Waals surface area contributed by atoms with Crippen molar-refractivity contribution in [2.24, 2.45) is 17.8 Å². The number of carbonyl (C=O) groups excluding carboxylic acids is 4. The lowest BCUT2D eigenvalue weighted by molar-refractivity contribution is -0.160. The second-order valence-corrected chi connectivity index (χ2v) is 13.1. The zero-order valence-corrected chi connectivity index (χ0v) is 24.4. The van der Waals surface area contributed by atoms with Gasteiger partial charge in [0.2, 0.25) is 11.8 Å². The number of hydrogen-bond acceptors (Lipinski definition) is 5. The highest BCUT2D eigenvalue weighted by molar-refractivity contribution is 9.10. The Hall–Kier alpha value is -3.10. The Labute approximate surface area is 243 Å². The van der Waals surface area contributed by atoms with Gasteiger partial charge >= 0.3 is 5.97 Å². The summed E-state index contributed by atoms with van der Waals surface area (Å²) >= 11 is 7.95. The van der Waals surface area contributed by atoms with E-state index in [-0.39, 0.29) is 5.78 Å². The van der Waals surface area contributed by atoms with Crippen LogP contribution in [0.1, 0.15) is 46.5 Å². The van der Waals surface area contributed by atoms with Crippen LogP contribution in [0.15, 0.2) is 78.9 Å². The molecule has 0 aromatic heterocycles. The minimum atomic E-state index is -1.17. The van der Waals surface area contributed by atoms with Gasteiger partial charge in [-0.3, -0.25) is 19.3 Å². The number of hydrogen-bond donors (Lipinski definition) is 0. The average molecular weight is 651 g/mol. The van der Waals surface area contributed by atoms with E-state index in [1.807, 2.05) is 48.5 Å². The van der Waals surface area contributed by atoms with Crippen LogP contribution < -0.4 is 0 Å². The molecule has 3 aliphatic carbocycles. The lowest BCUT2D eigenvalue weighted by atomic mass is 9.54. The molecule has 8 heteroatoms. The van der Waals surface area contributed by atoms with Crippen molar-refractivity contribution in [3.63, 3.8) is 0 Å². The van der Waals surface area contributed by atoms with Crippen molar-refractivity contribution in [3.05, 3.63) is 107 Å². The summed E-state index contributed by atoms with van der Waals surface area (Å²) in [5.41, 5.74) is 4.09. The van der Waals surface area contributed by atoms with Crippen LogP contribution in [-0.2, 0) is 27.8 Å². The average Bonchev–Trinajstić information content (AvgIpc) is 3.21. The third kappa shape index (κ3) is 3.50. The van der Waals surface area contributed by atoms with Gasteiger partial charge in [0.1, 0.15) is 6.04 Å². The number of benzene rings is 3. The molecule has 1 aliphatic heterocycles. The first-order chi connectivity index (χ1) is 18.6. The Bertz CT molecular complexity index is 1410. The van der Waals surface area contributed by atoms with Gasteiger partial charge in [0, 0.05) is 5.56 Å². The molecule has 1 saturated heterocycles. The number of carbonyl (C=O) groups is 4. The topological polar surface area (TPSA) is 80.8 Å². The predicted molar refractivity (Wildman–Crippen MR) is 151 cm³/mol. The maximum Gasteiger partial charge on any atom is 0.330 e. The Kier molecular flexibility index (Phi) is 6.19. The summed E-state index contributed by atoms with van der Waals surface area (Å²) in [5, 5.41) is 0. The number of ketones is 1. The molecule has 3 atom stereocenters. The van der Waals surface area contributed by atoms with E-state index in [0.717, 1.165) is 27.2 Å². The number of rotatable bonds is 6. The van der Waals surface area contributed by atoms with E-state index in [9.17, 15) is 19.2 Å². The van der Waals surface area contributed by atoms with Gasteiger partial charge in [-0.2, -0.15) is 0 Å². The molecular weight excluding hydrogens is 626 g/mol. The second-order valence-electron chi connectivity index (χ2n) is 10.6. The summed E-state index contributed by atoms with van der Waals surface area (Å²) in [5.74, 6) is -3.99. The fourth-order valence-electron chi connectivity index (χ4n) is 6.57. The number of Topliss-reactive ketones (excluding diaryl/α,β-unsaturated/α-hetero) is 1. The normalized spacial score (nSPS) is 27.2. The van der Waals surface area contributed by atoms with E-state index < -0.39 is 56.8 Å². The number of nitrogens with zero attached hydrogens (tertiary/aromatic N) is 1. The van der Waals surface area contributed by atoms with Crippen LogP contribution in [0, 0.1) is 17.8 Å².